The molecular weight excluding hydrogens is 380 g/mol. The van der Waals surface area contributed by atoms with Gasteiger partial charge in [0, 0.05) is 0 Å². The molecule has 0 amide bonds. The van der Waals surface area contributed by atoms with E-state index in [1.807, 2.05) is 0 Å². The molecule has 5 atom stereocenters. The van der Waals surface area contributed by atoms with E-state index in [1.165, 1.54) is 13.0 Å². The summed E-state index contributed by atoms with van der Waals surface area (Å²) in [5, 5.41) is 49.2. The molecule has 8 heteroatoms. The van der Waals surface area contributed by atoms with E-state index in [2.05, 4.69) is 0 Å². The summed E-state index contributed by atoms with van der Waals surface area (Å²) in [6.45, 7) is 2.50. The number of ether oxygens (including phenoxy) is 2. The van der Waals surface area contributed by atoms with Gasteiger partial charge in [0.2, 0.25) is 6.29 Å². The number of carboxylic acid groups (broad SMARTS) is 1. The minimum absolute atomic E-state index is 0.176. The zero-order valence-electron chi connectivity index (χ0n) is 16.0. The fourth-order valence-electron chi connectivity index (χ4n) is 3.27. The molecule has 5 N–H and O–H groups in total. The minimum atomic E-state index is -1.91. The van der Waals surface area contributed by atoms with E-state index in [4.69, 9.17) is 14.6 Å². The number of hydrogen-bond acceptors (Lipinski definition) is 7. The number of aliphatic hydroxyl groups excluding tert-OH is 3. The lowest BCUT2D eigenvalue weighted by atomic mass is 9.88. The number of hydrogen-bond donors (Lipinski definition) is 5. The largest absolute Gasteiger partial charge is 0.478 e. The van der Waals surface area contributed by atoms with Crippen molar-refractivity contribution in [2.75, 3.05) is 6.61 Å². The van der Waals surface area contributed by atoms with Gasteiger partial charge >= 0.3 is 5.97 Å². The molecule has 0 spiro atoms. The van der Waals surface area contributed by atoms with Gasteiger partial charge in [-0.2, -0.15) is 0 Å². The highest BCUT2D eigenvalue weighted by Crippen LogP contribution is 2.34. The number of aliphatic hydroxyl groups is 4. The predicted octanol–water partition coefficient (Wildman–Crippen LogP) is 0.929. The van der Waals surface area contributed by atoms with Crippen molar-refractivity contribution in [1.29, 1.82) is 0 Å². The molecule has 2 aromatic carbocycles. The van der Waals surface area contributed by atoms with Crippen molar-refractivity contribution in [2.45, 2.75) is 44.1 Å². The van der Waals surface area contributed by atoms with Crippen LogP contribution in [-0.2, 0) is 4.74 Å². The van der Waals surface area contributed by atoms with Crippen LogP contribution < -0.4 is 4.74 Å². The maximum Gasteiger partial charge on any atom is 0.335 e. The van der Waals surface area contributed by atoms with Crippen LogP contribution in [0.3, 0.4) is 0 Å². The van der Waals surface area contributed by atoms with Gasteiger partial charge in [0.15, 0.2) is 5.60 Å². The average molecular weight is 404 g/mol. The van der Waals surface area contributed by atoms with Gasteiger partial charge in [0.1, 0.15) is 24.1 Å². The van der Waals surface area contributed by atoms with Crippen molar-refractivity contribution in [3.8, 4) is 16.9 Å². The molecule has 0 saturated carbocycles. The van der Waals surface area contributed by atoms with Crippen LogP contribution in [0, 0.1) is 6.92 Å². The summed E-state index contributed by atoms with van der Waals surface area (Å²) in [5.74, 6) is -0.645. The third-order valence-electron chi connectivity index (χ3n) is 5.11. The Balaban J connectivity index is 1.85. The molecule has 0 radical (unpaired) electrons. The average Bonchev–Trinajstić information content (AvgIpc) is 2.70. The first-order valence-electron chi connectivity index (χ1n) is 9.11. The molecule has 3 rings (SSSR count). The number of rotatable bonds is 5. The normalized spacial score (nSPS) is 29.4. The lowest BCUT2D eigenvalue weighted by molar-refractivity contribution is -0.314. The lowest BCUT2D eigenvalue weighted by Gasteiger charge is -2.45. The second kappa shape index (κ2) is 8.10. The van der Waals surface area contributed by atoms with Crippen molar-refractivity contribution < 1.29 is 39.8 Å². The fourth-order valence-corrected chi connectivity index (χ4v) is 3.27. The molecule has 0 aliphatic carbocycles. The first-order valence-corrected chi connectivity index (χ1v) is 9.11. The van der Waals surface area contributed by atoms with Gasteiger partial charge in [-0.3, -0.25) is 0 Å². The smallest absolute Gasteiger partial charge is 0.335 e. The van der Waals surface area contributed by atoms with Gasteiger partial charge in [-0.1, -0.05) is 18.2 Å². The summed E-state index contributed by atoms with van der Waals surface area (Å²) >= 11 is 0. The number of aromatic carboxylic acids is 1. The van der Waals surface area contributed by atoms with Crippen molar-refractivity contribution in [3.05, 3.63) is 53.6 Å². The predicted molar refractivity (Wildman–Crippen MR) is 103 cm³/mol. The molecule has 1 saturated heterocycles. The Labute approximate surface area is 167 Å². The monoisotopic (exact) mass is 404 g/mol. The molecule has 8 nitrogen and oxygen atoms in total. The van der Waals surface area contributed by atoms with Crippen molar-refractivity contribution in [3.63, 3.8) is 0 Å². The molecule has 1 aliphatic rings. The van der Waals surface area contributed by atoms with Gasteiger partial charge < -0.3 is 35.0 Å². The van der Waals surface area contributed by atoms with E-state index >= 15 is 0 Å². The third-order valence-corrected chi connectivity index (χ3v) is 5.11. The molecule has 0 bridgehead atoms. The third kappa shape index (κ3) is 4.12. The summed E-state index contributed by atoms with van der Waals surface area (Å²) in [6.07, 6.45) is -5.46. The maximum atomic E-state index is 11.2. The SMILES string of the molecule is Cc1cc(-c2cccc(C(=O)O)c2)ccc1OC1OC(CO)C(O)C(O)C1(C)O. The molecular formula is C21H24O8. The van der Waals surface area contributed by atoms with Gasteiger partial charge in [-0.15, -0.1) is 0 Å². The van der Waals surface area contributed by atoms with Crippen LogP contribution in [0.1, 0.15) is 22.8 Å². The van der Waals surface area contributed by atoms with E-state index in [0.29, 0.717) is 11.3 Å². The summed E-state index contributed by atoms with van der Waals surface area (Å²) in [6, 6.07) is 11.7. The maximum absolute atomic E-state index is 11.2. The first-order chi connectivity index (χ1) is 13.6. The Morgan fingerprint density at radius 3 is 2.48 bits per heavy atom. The van der Waals surface area contributed by atoms with E-state index in [0.717, 1.165) is 11.1 Å². The summed E-state index contributed by atoms with van der Waals surface area (Å²) in [5.41, 5.74) is 0.447. The molecule has 2 aromatic rings. The molecule has 156 valence electrons. The highest BCUT2D eigenvalue weighted by Gasteiger charge is 2.53. The molecule has 0 aromatic heterocycles. The standard InChI is InChI=1S/C21H24O8/c1-11-8-13(12-4-3-5-14(9-12)19(25)26)6-7-15(11)28-20-21(2,27)18(24)17(23)16(10-22)29-20/h3-9,16-18,20,22-24,27H,10H2,1-2H3,(H,25,26). The van der Waals surface area contributed by atoms with Crippen LogP contribution in [0.25, 0.3) is 11.1 Å². The van der Waals surface area contributed by atoms with Crippen LogP contribution in [0.5, 0.6) is 5.75 Å². The Hall–Kier alpha value is -2.49. The molecule has 1 aliphatic heterocycles. The number of carbonyl (C=O) groups is 1. The van der Waals surface area contributed by atoms with Crippen LogP contribution in [0.4, 0.5) is 0 Å². The number of aryl methyl sites for hydroxylation is 1. The Bertz CT molecular complexity index is 894. The molecule has 5 unspecified atom stereocenters. The van der Waals surface area contributed by atoms with E-state index in [1.54, 1.807) is 43.3 Å². The molecule has 1 fully saturated rings. The van der Waals surface area contributed by atoms with E-state index < -0.39 is 42.8 Å². The van der Waals surface area contributed by atoms with Crippen molar-refractivity contribution >= 4 is 5.97 Å². The summed E-state index contributed by atoms with van der Waals surface area (Å²) in [7, 11) is 0. The second-order valence-corrected chi connectivity index (χ2v) is 7.33. The Morgan fingerprint density at radius 1 is 1.17 bits per heavy atom. The van der Waals surface area contributed by atoms with Gasteiger partial charge in [0.05, 0.1) is 12.2 Å². The van der Waals surface area contributed by atoms with Gasteiger partial charge in [-0.05, 0) is 54.8 Å². The van der Waals surface area contributed by atoms with Crippen LogP contribution in [0.2, 0.25) is 0 Å². The van der Waals surface area contributed by atoms with E-state index in [9.17, 15) is 25.2 Å². The van der Waals surface area contributed by atoms with Gasteiger partial charge in [-0.25, -0.2) is 4.79 Å². The summed E-state index contributed by atoms with van der Waals surface area (Å²) in [4.78, 5) is 11.2. The minimum Gasteiger partial charge on any atom is -0.478 e. The van der Waals surface area contributed by atoms with Gasteiger partial charge in [0.25, 0.3) is 0 Å². The van der Waals surface area contributed by atoms with E-state index in [-0.39, 0.29) is 5.56 Å². The molecule has 1 heterocycles. The number of carboxylic acids is 1. The lowest BCUT2D eigenvalue weighted by Crippen LogP contribution is -2.66. The highest BCUT2D eigenvalue weighted by atomic mass is 16.7. The molecule has 29 heavy (non-hydrogen) atoms. The zero-order valence-corrected chi connectivity index (χ0v) is 16.0. The second-order valence-electron chi connectivity index (χ2n) is 7.33. The Kier molecular flexibility index (Phi) is 5.92. The van der Waals surface area contributed by atoms with Crippen LogP contribution in [-0.4, -0.2) is 68.3 Å². The first kappa shape index (κ1) is 21.2. The summed E-state index contributed by atoms with van der Waals surface area (Å²) < 4.78 is 11.2. The van der Waals surface area contributed by atoms with Crippen LogP contribution >= 0.6 is 0 Å². The topological polar surface area (TPSA) is 137 Å². The quantitative estimate of drug-likeness (QED) is 0.496. The zero-order chi connectivity index (χ0) is 21.3. The Morgan fingerprint density at radius 2 is 1.86 bits per heavy atom. The highest BCUT2D eigenvalue weighted by molar-refractivity contribution is 5.89. The van der Waals surface area contributed by atoms with Crippen molar-refractivity contribution in [1.82, 2.24) is 0 Å². The fraction of sp³-hybridized carbons (Fsp3) is 0.381. The van der Waals surface area contributed by atoms with Crippen LogP contribution in [0.15, 0.2) is 42.5 Å². The van der Waals surface area contributed by atoms with Crippen molar-refractivity contribution in [2.24, 2.45) is 0 Å². The number of benzene rings is 2.